The molecule has 0 bridgehead atoms. The van der Waals surface area contributed by atoms with Crippen LogP contribution in [0.1, 0.15) is 35.1 Å². The highest BCUT2D eigenvalue weighted by atomic mass is 32.1. The summed E-state index contributed by atoms with van der Waals surface area (Å²) in [7, 11) is 0. The fourth-order valence-corrected chi connectivity index (χ4v) is 2.97. The van der Waals surface area contributed by atoms with Gasteiger partial charge in [0.2, 0.25) is 5.91 Å². The molecule has 0 saturated carbocycles. The Morgan fingerprint density at radius 2 is 1.84 bits per heavy atom. The van der Waals surface area contributed by atoms with E-state index in [2.05, 4.69) is 15.8 Å². The Labute approximate surface area is 149 Å². The molecule has 0 aliphatic carbocycles. The van der Waals surface area contributed by atoms with Crippen LogP contribution in [0.2, 0.25) is 0 Å². The molecule has 1 aromatic heterocycles. The zero-order chi connectivity index (χ0) is 18.2. The molecular weight excluding hydrogens is 342 g/mol. The second-order valence-electron chi connectivity index (χ2n) is 5.11. The Balaban J connectivity index is 1.90. The zero-order valence-electron chi connectivity index (χ0n) is 14.0. The Morgan fingerprint density at radius 1 is 1.12 bits per heavy atom. The van der Waals surface area contributed by atoms with Crippen LogP contribution >= 0.6 is 11.3 Å². The monoisotopic (exact) mass is 361 g/mol. The number of hydrogen-bond donors (Lipinski definition) is 2. The van der Waals surface area contributed by atoms with Crippen LogP contribution in [-0.2, 0) is 14.3 Å². The van der Waals surface area contributed by atoms with E-state index in [4.69, 9.17) is 4.74 Å². The van der Waals surface area contributed by atoms with E-state index < -0.39 is 17.8 Å². The highest BCUT2D eigenvalue weighted by molar-refractivity contribution is 7.17. The van der Waals surface area contributed by atoms with Gasteiger partial charge in [-0.25, -0.2) is 4.98 Å². The quantitative estimate of drug-likeness (QED) is 0.607. The molecule has 0 aliphatic rings. The highest BCUT2D eigenvalue weighted by Crippen LogP contribution is 2.27. The van der Waals surface area contributed by atoms with Crippen molar-refractivity contribution in [1.82, 2.24) is 15.8 Å². The van der Waals surface area contributed by atoms with Gasteiger partial charge in [-0.1, -0.05) is 30.3 Å². The maximum absolute atomic E-state index is 12.2. The third kappa shape index (κ3) is 5.39. The third-order valence-electron chi connectivity index (χ3n) is 3.20. The standard InChI is InChI=1S/C17H19N3O4S/c1-3-24-14(22)10-9-13(21)19-20-16(23)15-11(2)18-17(25-15)12-7-5-4-6-8-12/h4-8H,3,9-10H2,1-2H3,(H,19,21)(H,20,23). The first kappa shape index (κ1) is 18.6. The molecule has 25 heavy (non-hydrogen) atoms. The molecule has 0 spiro atoms. The fourth-order valence-electron chi connectivity index (χ4n) is 2.01. The van der Waals surface area contributed by atoms with Gasteiger partial charge in [-0.3, -0.25) is 25.2 Å². The first-order valence-electron chi connectivity index (χ1n) is 7.79. The summed E-state index contributed by atoms with van der Waals surface area (Å²) in [5.74, 6) is -1.36. The molecule has 2 amide bonds. The number of hydrazine groups is 1. The van der Waals surface area contributed by atoms with Crippen LogP contribution in [0, 0.1) is 6.92 Å². The van der Waals surface area contributed by atoms with Gasteiger partial charge >= 0.3 is 5.97 Å². The van der Waals surface area contributed by atoms with Gasteiger partial charge < -0.3 is 4.74 Å². The first-order valence-corrected chi connectivity index (χ1v) is 8.60. The summed E-state index contributed by atoms with van der Waals surface area (Å²) in [6.45, 7) is 3.70. The van der Waals surface area contributed by atoms with Crippen LogP contribution < -0.4 is 10.9 Å². The molecule has 8 heteroatoms. The number of ether oxygens (including phenoxy) is 1. The maximum atomic E-state index is 12.2. The number of esters is 1. The minimum Gasteiger partial charge on any atom is -0.466 e. The van der Waals surface area contributed by atoms with Crippen molar-refractivity contribution in [1.29, 1.82) is 0 Å². The molecule has 0 unspecified atom stereocenters. The van der Waals surface area contributed by atoms with Gasteiger partial charge in [-0.15, -0.1) is 11.3 Å². The smallest absolute Gasteiger partial charge is 0.306 e. The number of nitrogens with one attached hydrogen (secondary N) is 2. The van der Waals surface area contributed by atoms with Crippen LogP contribution in [0.25, 0.3) is 10.6 Å². The number of thiazole rings is 1. The van der Waals surface area contributed by atoms with E-state index in [9.17, 15) is 14.4 Å². The predicted octanol–water partition coefficient (Wildman–Crippen LogP) is 2.22. The summed E-state index contributed by atoms with van der Waals surface area (Å²) in [5.41, 5.74) is 6.14. The molecule has 0 saturated heterocycles. The molecule has 2 rings (SSSR count). The average molecular weight is 361 g/mol. The molecule has 2 aromatic rings. The van der Waals surface area contributed by atoms with E-state index in [0.29, 0.717) is 10.6 Å². The second kappa shape index (κ2) is 8.93. The normalized spacial score (nSPS) is 10.2. The number of nitrogens with zero attached hydrogens (tertiary/aromatic N) is 1. The third-order valence-corrected chi connectivity index (χ3v) is 4.41. The van der Waals surface area contributed by atoms with Crippen molar-refractivity contribution in [3.05, 3.63) is 40.9 Å². The molecular formula is C17H19N3O4S. The van der Waals surface area contributed by atoms with Gasteiger partial charge in [0, 0.05) is 12.0 Å². The molecule has 1 heterocycles. The van der Waals surface area contributed by atoms with E-state index in [1.165, 1.54) is 11.3 Å². The topological polar surface area (TPSA) is 97.4 Å². The molecule has 0 atom stereocenters. The van der Waals surface area contributed by atoms with E-state index >= 15 is 0 Å². The lowest BCUT2D eigenvalue weighted by Gasteiger charge is -2.06. The van der Waals surface area contributed by atoms with Gasteiger partial charge in [0.05, 0.1) is 18.7 Å². The molecule has 132 valence electrons. The number of aromatic nitrogens is 1. The van der Waals surface area contributed by atoms with Crippen molar-refractivity contribution in [2.45, 2.75) is 26.7 Å². The summed E-state index contributed by atoms with van der Waals surface area (Å²) in [4.78, 5) is 39.9. The van der Waals surface area contributed by atoms with Crippen molar-refractivity contribution < 1.29 is 19.1 Å². The van der Waals surface area contributed by atoms with Crippen molar-refractivity contribution in [2.75, 3.05) is 6.61 Å². The van der Waals surface area contributed by atoms with E-state index in [-0.39, 0.29) is 19.4 Å². The van der Waals surface area contributed by atoms with Crippen molar-refractivity contribution in [2.24, 2.45) is 0 Å². The fraction of sp³-hybridized carbons (Fsp3) is 0.294. The average Bonchev–Trinajstić information content (AvgIpc) is 3.01. The molecule has 0 aliphatic heterocycles. The van der Waals surface area contributed by atoms with Crippen LogP contribution in [0.15, 0.2) is 30.3 Å². The van der Waals surface area contributed by atoms with Crippen LogP contribution in [-0.4, -0.2) is 29.4 Å². The molecule has 0 fully saturated rings. The van der Waals surface area contributed by atoms with Gasteiger partial charge in [0.15, 0.2) is 0 Å². The van der Waals surface area contributed by atoms with Gasteiger partial charge in [0.25, 0.3) is 5.91 Å². The number of carbonyl (C=O) groups excluding carboxylic acids is 3. The largest absolute Gasteiger partial charge is 0.466 e. The van der Waals surface area contributed by atoms with E-state index in [1.807, 2.05) is 30.3 Å². The van der Waals surface area contributed by atoms with Gasteiger partial charge in [-0.2, -0.15) is 0 Å². The molecule has 1 aromatic carbocycles. The SMILES string of the molecule is CCOC(=O)CCC(=O)NNC(=O)c1sc(-c2ccccc2)nc1C. The highest BCUT2D eigenvalue weighted by Gasteiger charge is 2.17. The van der Waals surface area contributed by atoms with E-state index in [0.717, 1.165) is 10.6 Å². The van der Waals surface area contributed by atoms with Crippen molar-refractivity contribution >= 4 is 29.1 Å². The van der Waals surface area contributed by atoms with Crippen molar-refractivity contribution in [3.63, 3.8) is 0 Å². The maximum Gasteiger partial charge on any atom is 0.306 e. The number of carbonyl (C=O) groups is 3. The molecule has 2 N–H and O–H groups in total. The molecule has 0 radical (unpaired) electrons. The second-order valence-corrected chi connectivity index (χ2v) is 6.11. The Kier molecular flexibility index (Phi) is 6.64. The number of rotatable bonds is 6. The van der Waals surface area contributed by atoms with E-state index in [1.54, 1.807) is 13.8 Å². The van der Waals surface area contributed by atoms with Crippen LogP contribution in [0.4, 0.5) is 0 Å². The summed E-state index contributed by atoms with van der Waals surface area (Å²) in [5, 5.41) is 0.733. The van der Waals surface area contributed by atoms with Gasteiger partial charge in [-0.05, 0) is 13.8 Å². The molecule has 7 nitrogen and oxygen atoms in total. The minimum absolute atomic E-state index is 0.0344. The predicted molar refractivity (Wildman–Crippen MR) is 93.8 cm³/mol. The zero-order valence-corrected chi connectivity index (χ0v) is 14.8. The van der Waals surface area contributed by atoms with Gasteiger partial charge in [0.1, 0.15) is 9.88 Å². The number of amides is 2. The number of benzene rings is 1. The lowest BCUT2D eigenvalue weighted by Crippen LogP contribution is -2.41. The Morgan fingerprint density at radius 3 is 2.52 bits per heavy atom. The van der Waals surface area contributed by atoms with Crippen LogP contribution in [0.5, 0.6) is 0 Å². The minimum atomic E-state index is -0.466. The number of hydrogen-bond acceptors (Lipinski definition) is 6. The van der Waals surface area contributed by atoms with Crippen molar-refractivity contribution in [3.8, 4) is 10.6 Å². The first-order chi connectivity index (χ1) is 12.0. The Hall–Kier alpha value is -2.74. The lowest BCUT2D eigenvalue weighted by atomic mass is 10.2. The summed E-state index contributed by atoms with van der Waals surface area (Å²) >= 11 is 1.25. The summed E-state index contributed by atoms with van der Waals surface area (Å²) < 4.78 is 4.73. The summed E-state index contributed by atoms with van der Waals surface area (Å²) in [6.07, 6.45) is -0.0939. The van der Waals surface area contributed by atoms with Crippen LogP contribution in [0.3, 0.4) is 0 Å². The summed E-state index contributed by atoms with van der Waals surface area (Å²) in [6, 6.07) is 9.53. The number of aryl methyl sites for hydroxylation is 1. The Bertz CT molecular complexity index is 759. The lowest BCUT2D eigenvalue weighted by molar-refractivity contribution is -0.144.